The molecule has 0 unspecified atom stereocenters. The minimum Gasteiger partial charge on any atom is -0.340 e. The molecule has 0 radical (unpaired) electrons. The van der Waals surface area contributed by atoms with Gasteiger partial charge in [-0.3, -0.25) is 0 Å². The monoisotopic (exact) mass is 242 g/mol. The lowest BCUT2D eigenvalue weighted by Crippen LogP contribution is -2.44. The molecular formula is C14H18N4. The molecule has 18 heavy (non-hydrogen) atoms. The van der Waals surface area contributed by atoms with Gasteiger partial charge in [0.25, 0.3) is 0 Å². The Morgan fingerprint density at radius 2 is 2.00 bits per heavy atom. The van der Waals surface area contributed by atoms with Gasteiger partial charge < -0.3 is 14.8 Å². The molecule has 1 N–H and O–H groups in total. The maximum atomic E-state index is 4.87. The van der Waals surface area contributed by atoms with Gasteiger partial charge in [-0.1, -0.05) is 12.1 Å². The van der Waals surface area contributed by atoms with Crippen LogP contribution in [-0.2, 0) is 13.0 Å². The molecule has 3 heterocycles. The topological polar surface area (TPSA) is 33.1 Å². The van der Waals surface area contributed by atoms with Gasteiger partial charge in [0.1, 0.15) is 0 Å². The zero-order valence-electron chi connectivity index (χ0n) is 10.5. The van der Waals surface area contributed by atoms with Crippen LogP contribution >= 0.6 is 0 Å². The lowest BCUT2D eigenvalue weighted by atomic mass is 10.0. The van der Waals surface area contributed by atoms with E-state index in [4.69, 9.17) is 4.98 Å². The summed E-state index contributed by atoms with van der Waals surface area (Å²) in [7, 11) is 0. The third-order valence-electron chi connectivity index (χ3n) is 4.06. The van der Waals surface area contributed by atoms with E-state index in [0.29, 0.717) is 0 Å². The number of imidazole rings is 1. The van der Waals surface area contributed by atoms with Crippen LogP contribution in [0.15, 0.2) is 18.2 Å². The van der Waals surface area contributed by atoms with Gasteiger partial charge >= 0.3 is 0 Å². The molecule has 4 nitrogen and oxygen atoms in total. The summed E-state index contributed by atoms with van der Waals surface area (Å²) in [5, 5.41) is 3.40. The lowest BCUT2D eigenvalue weighted by molar-refractivity contribution is 0.556. The van der Waals surface area contributed by atoms with Crippen LogP contribution in [0.1, 0.15) is 12.0 Å². The number of benzene rings is 1. The van der Waals surface area contributed by atoms with Crippen molar-refractivity contribution in [2.45, 2.75) is 19.4 Å². The first-order valence-electron chi connectivity index (χ1n) is 6.87. The standard InChI is InChI=1S/C14H18N4/c1-3-11-4-2-8-18-13(11)12(5-1)16-14(18)17-9-6-15-7-10-17/h1,3,5,15H,2,4,6-10H2. The van der Waals surface area contributed by atoms with Gasteiger partial charge in [-0.05, 0) is 24.5 Å². The number of hydrogen-bond acceptors (Lipinski definition) is 3. The van der Waals surface area contributed by atoms with Gasteiger partial charge in [-0.25, -0.2) is 4.98 Å². The second-order valence-corrected chi connectivity index (χ2v) is 5.19. The van der Waals surface area contributed by atoms with Crippen molar-refractivity contribution in [3.05, 3.63) is 23.8 Å². The molecule has 1 saturated heterocycles. The Balaban J connectivity index is 1.88. The molecule has 0 aliphatic carbocycles. The van der Waals surface area contributed by atoms with Gasteiger partial charge in [0.2, 0.25) is 5.95 Å². The van der Waals surface area contributed by atoms with Crippen LogP contribution in [0.4, 0.5) is 5.95 Å². The van der Waals surface area contributed by atoms with Gasteiger partial charge in [-0.2, -0.15) is 0 Å². The Morgan fingerprint density at radius 1 is 1.11 bits per heavy atom. The molecule has 0 atom stereocenters. The van der Waals surface area contributed by atoms with Gasteiger partial charge in [0, 0.05) is 32.7 Å². The van der Waals surface area contributed by atoms with Crippen LogP contribution in [0.25, 0.3) is 11.0 Å². The van der Waals surface area contributed by atoms with Crippen molar-refractivity contribution in [1.82, 2.24) is 14.9 Å². The largest absolute Gasteiger partial charge is 0.340 e. The molecule has 1 aromatic carbocycles. The summed E-state index contributed by atoms with van der Waals surface area (Å²) < 4.78 is 2.43. The number of aromatic nitrogens is 2. The number of rotatable bonds is 1. The first-order chi connectivity index (χ1) is 8.93. The summed E-state index contributed by atoms with van der Waals surface area (Å²) in [5.74, 6) is 1.18. The van der Waals surface area contributed by atoms with E-state index >= 15 is 0 Å². The van der Waals surface area contributed by atoms with Crippen molar-refractivity contribution < 1.29 is 0 Å². The molecule has 1 fully saturated rings. The maximum absolute atomic E-state index is 4.87. The van der Waals surface area contributed by atoms with Crippen LogP contribution < -0.4 is 10.2 Å². The molecule has 0 amide bonds. The maximum Gasteiger partial charge on any atom is 0.206 e. The predicted octanol–water partition coefficient (Wildman–Crippen LogP) is 1.39. The number of anilines is 1. The Hall–Kier alpha value is -1.55. The van der Waals surface area contributed by atoms with E-state index in [2.05, 4.69) is 33.0 Å². The Labute approximate surface area is 107 Å². The summed E-state index contributed by atoms with van der Waals surface area (Å²) in [6, 6.07) is 6.54. The zero-order chi connectivity index (χ0) is 11.9. The van der Waals surface area contributed by atoms with Gasteiger partial charge in [0.15, 0.2) is 0 Å². The van der Waals surface area contributed by atoms with Crippen molar-refractivity contribution >= 4 is 17.0 Å². The summed E-state index contributed by atoms with van der Waals surface area (Å²) in [6.07, 6.45) is 2.44. The Bertz CT molecular complexity index is 581. The van der Waals surface area contributed by atoms with Crippen molar-refractivity contribution in [2.75, 3.05) is 31.1 Å². The van der Waals surface area contributed by atoms with E-state index in [1.165, 1.54) is 35.4 Å². The van der Waals surface area contributed by atoms with Crippen LogP contribution in [0.3, 0.4) is 0 Å². The number of aryl methyl sites for hydroxylation is 2. The van der Waals surface area contributed by atoms with Crippen LogP contribution in [0.2, 0.25) is 0 Å². The molecular weight excluding hydrogens is 224 g/mol. The van der Waals surface area contributed by atoms with Crippen molar-refractivity contribution in [1.29, 1.82) is 0 Å². The zero-order valence-corrected chi connectivity index (χ0v) is 10.5. The lowest BCUT2D eigenvalue weighted by Gasteiger charge is -2.29. The van der Waals surface area contributed by atoms with Crippen molar-refractivity contribution in [3.63, 3.8) is 0 Å². The first-order valence-corrected chi connectivity index (χ1v) is 6.87. The van der Waals surface area contributed by atoms with Crippen LogP contribution in [-0.4, -0.2) is 35.7 Å². The van der Waals surface area contributed by atoms with Crippen molar-refractivity contribution in [2.24, 2.45) is 0 Å². The highest BCUT2D eigenvalue weighted by Gasteiger charge is 2.22. The molecule has 4 rings (SSSR count). The molecule has 1 aromatic heterocycles. The third-order valence-corrected chi connectivity index (χ3v) is 4.06. The highest BCUT2D eigenvalue weighted by atomic mass is 15.3. The van der Waals surface area contributed by atoms with E-state index in [9.17, 15) is 0 Å². The number of hydrogen-bond donors (Lipinski definition) is 1. The fourth-order valence-electron chi connectivity index (χ4n) is 3.20. The van der Waals surface area contributed by atoms with E-state index in [1.54, 1.807) is 0 Å². The third kappa shape index (κ3) is 1.45. The number of para-hydroxylation sites is 1. The molecule has 2 aliphatic heterocycles. The average molecular weight is 242 g/mol. The normalized spacial score (nSPS) is 19.4. The van der Waals surface area contributed by atoms with E-state index in [0.717, 1.165) is 32.7 Å². The quantitative estimate of drug-likeness (QED) is 0.820. The molecule has 2 aliphatic rings. The number of nitrogens with one attached hydrogen (secondary N) is 1. The van der Waals surface area contributed by atoms with Gasteiger partial charge in [-0.15, -0.1) is 0 Å². The van der Waals surface area contributed by atoms with E-state index in [-0.39, 0.29) is 0 Å². The number of nitrogens with zero attached hydrogens (tertiary/aromatic N) is 3. The molecule has 94 valence electrons. The molecule has 0 spiro atoms. The Kier molecular flexibility index (Phi) is 2.30. The summed E-state index contributed by atoms with van der Waals surface area (Å²) in [4.78, 5) is 7.29. The molecule has 4 heteroatoms. The second-order valence-electron chi connectivity index (χ2n) is 5.19. The molecule has 2 aromatic rings. The fourth-order valence-corrected chi connectivity index (χ4v) is 3.20. The van der Waals surface area contributed by atoms with Crippen molar-refractivity contribution in [3.8, 4) is 0 Å². The van der Waals surface area contributed by atoms with Gasteiger partial charge in [0.05, 0.1) is 11.0 Å². The van der Waals surface area contributed by atoms with E-state index < -0.39 is 0 Å². The first kappa shape index (κ1) is 10.4. The molecule has 0 saturated carbocycles. The summed E-state index contributed by atoms with van der Waals surface area (Å²) in [6.45, 7) is 5.39. The number of piperazine rings is 1. The fraction of sp³-hybridized carbons (Fsp3) is 0.500. The van der Waals surface area contributed by atoms with E-state index in [1.807, 2.05) is 0 Å². The average Bonchev–Trinajstić information content (AvgIpc) is 2.82. The van der Waals surface area contributed by atoms with Crippen LogP contribution in [0.5, 0.6) is 0 Å². The minimum absolute atomic E-state index is 1.07. The highest BCUT2D eigenvalue weighted by Crippen LogP contribution is 2.30. The SMILES string of the molecule is c1cc2c3c(c1)nc(N1CCNCC1)n3CCC2. The predicted molar refractivity (Wildman–Crippen MR) is 73.1 cm³/mol. The second kappa shape index (κ2) is 3.99. The molecule has 0 bridgehead atoms. The Morgan fingerprint density at radius 3 is 2.89 bits per heavy atom. The smallest absolute Gasteiger partial charge is 0.206 e. The van der Waals surface area contributed by atoms with Crippen LogP contribution in [0, 0.1) is 0 Å². The minimum atomic E-state index is 1.07. The highest BCUT2D eigenvalue weighted by molar-refractivity contribution is 5.82. The summed E-state index contributed by atoms with van der Waals surface area (Å²) >= 11 is 0. The summed E-state index contributed by atoms with van der Waals surface area (Å²) in [5.41, 5.74) is 4.01.